The van der Waals surface area contributed by atoms with Crippen LogP contribution in [0.25, 0.3) is 0 Å². The molecule has 0 aliphatic carbocycles. The van der Waals surface area contributed by atoms with Crippen LogP contribution in [0.5, 0.6) is 0 Å². The molecule has 10 heteroatoms. The monoisotopic (exact) mass is 292 g/mol. The second-order valence-electron chi connectivity index (χ2n) is 3.69. The molecule has 0 bridgehead atoms. The maximum atomic E-state index is 11.6. The van der Waals surface area contributed by atoms with Crippen LogP contribution >= 0.6 is 0 Å². The van der Waals surface area contributed by atoms with Crippen molar-refractivity contribution >= 4 is 25.7 Å². The van der Waals surface area contributed by atoms with Crippen molar-refractivity contribution in [3.8, 4) is 6.07 Å². The molecule has 0 aliphatic heterocycles. The maximum Gasteiger partial charge on any atom is 0.234 e. The van der Waals surface area contributed by atoms with Crippen molar-refractivity contribution in [2.75, 3.05) is 22.5 Å². The van der Waals surface area contributed by atoms with Gasteiger partial charge in [-0.3, -0.25) is 9.40 Å². The minimum absolute atomic E-state index is 0.0194. The van der Waals surface area contributed by atoms with Gasteiger partial charge in [0.1, 0.15) is 21.5 Å². The fourth-order valence-electron chi connectivity index (χ4n) is 1.10. The third-order valence-corrected chi connectivity index (χ3v) is 4.48. The highest BCUT2D eigenvalue weighted by Gasteiger charge is 2.18. The predicted molar refractivity (Wildman–Crippen MR) is 65.0 cm³/mol. The Hall–Kier alpha value is -1.60. The maximum absolute atomic E-state index is 11.6. The first kappa shape index (κ1) is 14.5. The standard InChI is InChI=1S/C8H12N4O4S2/c1-12-8(7(5-9)6-10-12)11-18(15,16)4-3-17(2,13)14/h6,11H,3-4H2,1-2H3. The number of nitrogens with one attached hydrogen (secondary N) is 1. The summed E-state index contributed by atoms with van der Waals surface area (Å²) in [5.74, 6) is -1.03. The minimum Gasteiger partial charge on any atom is -0.266 e. The molecule has 0 amide bonds. The van der Waals surface area contributed by atoms with Crippen molar-refractivity contribution in [1.82, 2.24) is 9.78 Å². The van der Waals surface area contributed by atoms with Gasteiger partial charge < -0.3 is 0 Å². The smallest absolute Gasteiger partial charge is 0.234 e. The molecule has 0 aliphatic rings. The van der Waals surface area contributed by atoms with Crippen LogP contribution in [-0.2, 0) is 26.9 Å². The highest BCUT2D eigenvalue weighted by Crippen LogP contribution is 2.14. The number of nitrogens with zero attached hydrogens (tertiary/aromatic N) is 3. The molecule has 1 heterocycles. The molecule has 0 radical (unpaired) electrons. The Balaban J connectivity index is 2.90. The van der Waals surface area contributed by atoms with E-state index in [0.29, 0.717) is 0 Å². The number of sulfonamides is 1. The molecule has 0 atom stereocenters. The van der Waals surface area contributed by atoms with Gasteiger partial charge in [-0.05, 0) is 0 Å². The van der Waals surface area contributed by atoms with Crippen LogP contribution in [0.4, 0.5) is 5.82 Å². The van der Waals surface area contributed by atoms with Crippen molar-refractivity contribution in [3.63, 3.8) is 0 Å². The van der Waals surface area contributed by atoms with Gasteiger partial charge in [0.2, 0.25) is 10.0 Å². The van der Waals surface area contributed by atoms with E-state index >= 15 is 0 Å². The van der Waals surface area contributed by atoms with Crippen LogP contribution in [0.2, 0.25) is 0 Å². The molecular weight excluding hydrogens is 280 g/mol. The quantitative estimate of drug-likeness (QED) is 0.748. The predicted octanol–water partition coefficient (Wildman–Crippen LogP) is -0.922. The van der Waals surface area contributed by atoms with Gasteiger partial charge in [-0.1, -0.05) is 0 Å². The van der Waals surface area contributed by atoms with E-state index < -0.39 is 31.4 Å². The molecule has 0 aromatic carbocycles. The van der Waals surface area contributed by atoms with Crippen molar-refractivity contribution in [2.45, 2.75) is 0 Å². The van der Waals surface area contributed by atoms with Gasteiger partial charge in [0, 0.05) is 13.3 Å². The first-order chi connectivity index (χ1) is 8.14. The lowest BCUT2D eigenvalue weighted by molar-refractivity contribution is 0.593. The van der Waals surface area contributed by atoms with E-state index in [4.69, 9.17) is 5.26 Å². The van der Waals surface area contributed by atoms with E-state index in [1.165, 1.54) is 17.9 Å². The van der Waals surface area contributed by atoms with E-state index in [9.17, 15) is 16.8 Å². The van der Waals surface area contributed by atoms with Gasteiger partial charge >= 0.3 is 0 Å². The number of hydrogen-bond donors (Lipinski definition) is 1. The molecular formula is C8H12N4O4S2. The highest BCUT2D eigenvalue weighted by molar-refractivity contribution is 7.95. The van der Waals surface area contributed by atoms with Gasteiger partial charge in [0.25, 0.3) is 0 Å². The second kappa shape index (κ2) is 4.95. The summed E-state index contributed by atoms with van der Waals surface area (Å²) in [6.07, 6.45) is 2.17. The Kier molecular flexibility index (Phi) is 3.98. The van der Waals surface area contributed by atoms with Crippen molar-refractivity contribution in [2.24, 2.45) is 7.05 Å². The molecule has 0 saturated carbocycles. The summed E-state index contributed by atoms with van der Waals surface area (Å²) in [7, 11) is -5.74. The lowest BCUT2D eigenvalue weighted by Gasteiger charge is -2.07. The normalized spacial score (nSPS) is 12.1. The van der Waals surface area contributed by atoms with Crippen molar-refractivity contribution < 1.29 is 16.8 Å². The van der Waals surface area contributed by atoms with E-state index in [2.05, 4.69) is 9.82 Å². The molecule has 1 aromatic heterocycles. The molecule has 1 rings (SSSR count). The Morgan fingerprint density at radius 2 is 2.00 bits per heavy atom. The number of aromatic nitrogens is 2. The molecule has 1 aromatic rings. The summed E-state index contributed by atoms with van der Waals surface area (Å²) in [6, 6.07) is 1.78. The van der Waals surface area contributed by atoms with Crippen LogP contribution in [0.1, 0.15) is 5.56 Å². The van der Waals surface area contributed by atoms with Crippen LogP contribution in [0, 0.1) is 11.3 Å². The molecule has 0 unspecified atom stereocenters. The SMILES string of the molecule is Cn1ncc(C#N)c1NS(=O)(=O)CCS(C)(=O)=O. The third-order valence-electron chi connectivity index (χ3n) is 2.03. The summed E-state index contributed by atoms with van der Waals surface area (Å²) in [6.45, 7) is 0. The Morgan fingerprint density at radius 1 is 1.39 bits per heavy atom. The minimum atomic E-state index is -3.83. The zero-order valence-electron chi connectivity index (χ0n) is 9.78. The molecule has 0 fully saturated rings. The fraction of sp³-hybridized carbons (Fsp3) is 0.500. The molecule has 1 N–H and O–H groups in total. The molecule has 0 spiro atoms. The summed E-state index contributed by atoms with van der Waals surface area (Å²) < 4.78 is 48.4. The number of rotatable bonds is 5. The molecule has 18 heavy (non-hydrogen) atoms. The van der Waals surface area contributed by atoms with Crippen LogP contribution in [0.15, 0.2) is 6.20 Å². The highest BCUT2D eigenvalue weighted by atomic mass is 32.2. The van der Waals surface area contributed by atoms with Crippen LogP contribution in [-0.4, -0.2) is 44.4 Å². The number of hydrogen-bond acceptors (Lipinski definition) is 6. The Morgan fingerprint density at radius 3 is 2.50 bits per heavy atom. The van der Waals surface area contributed by atoms with Gasteiger partial charge in [0.15, 0.2) is 5.82 Å². The number of nitriles is 1. The van der Waals surface area contributed by atoms with E-state index in [0.717, 1.165) is 6.26 Å². The van der Waals surface area contributed by atoms with E-state index in [-0.39, 0.29) is 11.4 Å². The molecule has 8 nitrogen and oxygen atoms in total. The van der Waals surface area contributed by atoms with Gasteiger partial charge in [0.05, 0.1) is 17.7 Å². The van der Waals surface area contributed by atoms with E-state index in [1.54, 1.807) is 6.07 Å². The fourth-order valence-corrected chi connectivity index (χ4v) is 3.83. The first-order valence-corrected chi connectivity index (χ1v) is 8.46. The number of aryl methyl sites for hydroxylation is 1. The third kappa shape index (κ3) is 4.01. The van der Waals surface area contributed by atoms with E-state index in [1.807, 2.05) is 0 Å². The van der Waals surface area contributed by atoms with Gasteiger partial charge in [-0.25, -0.2) is 16.8 Å². The zero-order valence-corrected chi connectivity index (χ0v) is 11.4. The average Bonchev–Trinajstić information content (AvgIpc) is 2.56. The Bertz CT molecular complexity index is 681. The summed E-state index contributed by atoms with van der Waals surface area (Å²) in [5, 5.41) is 12.5. The molecule has 0 saturated heterocycles. The van der Waals surface area contributed by atoms with Crippen molar-refractivity contribution in [1.29, 1.82) is 5.26 Å². The second-order valence-corrected chi connectivity index (χ2v) is 7.79. The van der Waals surface area contributed by atoms with Crippen LogP contribution < -0.4 is 4.72 Å². The number of sulfone groups is 1. The van der Waals surface area contributed by atoms with Crippen LogP contribution in [0.3, 0.4) is 0 Å². The van der Waals surface area contributed by atoms with Crippen molar-refractivity contribution in [3.05, 3.63) is 11.8 Å². The lowest BCUT2D eigenvalue weighted by Crippen LogP contribution is -2.23. The summed E-state index contributed by atoms with van der Waals surface area (Å²) in [4.78, 5) is 0. The Labute approximate surface area is 105 Å². The largest absolute Gasteiger partial charge is 0.266 e. The average molecular weight is 292 g/mol. The molecule has 100 valence electrons. The summed E-state index contributed by atoms with van der Waals surface area (Å²) in [5.41, 5.74) is 0.0698. The van der Waals surface area contributed by atoms with Gasteiger partial charge in [-0.2, -0.15) is 10.4 Å². The number of anilines is 1. The zero-order chi connectivity index (χ0) is 14.0. The first-order valence-electron chi connectivity index (χ1n) is 4.75. The van der Waals surface area contributed by atoms with Gasteiger partial charge in [-0.15, -0.1) is 0 Å². The topological polar surface area (TPSA) is 122 Å². The lowest BCUT2D eigenvalue weighted by atomic mass is 10.4. The summed E-state index contributed by atoms with van der Waals surface area (Å²) >= 11 is 0.